The Balaban J connectivity index is 1.98. The largest absolute Gasteiger partial charge is 0.384 e. The molecule has 1 aromatic carbocycles. The van der Waals surface area contributed by atoms with Crippen molar-refractivity contribution in [3.63, 3.8) is 0 Å². The summed E-state index contributed by atoms with van der Waals surface area (Å²) in [5, 5.41) is 15.0. The number of non-ortho nitro benzene ring substituents is 1. The number of nitrogens with zero attached hydrogens (tertiary/aromatic N) is 6. The molecule has 3 aromatic rings. The van der Waals surface area contributed by atoms with E-state index in [2.05, 4.69) is 20.1 Å². The summed E-state index contributed by atoms with van der Waals surface area (Å²) < 4.78 is 1.42. The number of hydrogen-bond donors (Lipinski definition) is 1. The van der Waals surface area contributed by atoms with Crippen LogP contribution < -0.4 is 5.73 Å². The average molecular weight is 283 g/mol. The summed E-state index contributed by atoms with van der Waals surface area (Å²) in [5.74, 6) is 1.13. The lowest BCUT2D eigenvalue weighted by atomic mass is 10.2. The van der Waals surface area contributed by atoms with E-state index < -0.39 is 4.92 Å². The van der Waals surface area contributed by atoms with E-state index in [4.69, 9.17) is 5.73 Å². The molecule has 0 aliphatic rings. The first kappa shape index (κ1) is 12.7. The van der Waals surface area contributed by atoms with Crippen LogP contribution in [0.2, 0.25) is 0 Å². The van der Waals surface area contributed by atoms with E-state index in [-0.39, 0.29) is 5.69 Å². The first-order chi connectivity index (χ1) is 10.1. The predicted molar refractivity (Wildman–Crippen MR) is 73.5 cm³/mol. The standard InChI is InChI=1S/C12H9N7O2/c13-10-5-11(15-6-14-10)18-7-16-12(17-18)8-2-1-3-9(4-8)19(20)21/h1-7H,(H2,13,14,15). The van der Waals surface area contributed by atoms with Gasteiger partial charge in [0.05, 0.1) is 4.92 Å². The van der Waals surface area contributed by atoms with Crippen molar-refractivity contribution in [2.75, 3.05) is 5.73 Å². The van der Waals surface area contributed by atoms with Gasteiger partial charge in [-0.2, -0.15) is 0 Å². The van der Waals surface area contributed by atoms with Gasteiger partial charge in [-0.05, 0) is 0 Å². The van der Waals surface area contributed by atoms with Crippen LogP contribution in [0.3, 0.4) is 0 Å². The number of nitro groups is 1. The minimum Gasteiger partial charge on any atom is -0.384 e. The maximum absolute atomic E-state index is 10.8. The Morgan fingerprint density at radius 3 is 2.81 bits per heavy atom. The van der Waals surface area contributed by atoms with Gasteiger partial charge >= 0.3 is 0 Å². The zero-order valence-corrected chi connectivity index (χ0v) is 10.6. The van der Waals surface area contributed by atoms with Crippen LogP contribution in [0.1, 0.15) is 0 Å². The van der Waals surface area contributed by atoms with E-state index in [1.165, 1.54) is 29.5 Å². The van der Waals surface area contributed by atoms with Gasteiger partial charge in [0, 0.05) is 23.8 Å². The van der Waals surface area contributed by atoms with E-state index in [0.29, 0.717) is 23.0 Å². The third-order valence-corrected chi connectivity index (χ3v) is 2.72. The molecule has 0 aliphatic carbocycles. The summed E-state index contributed by atoms with van der Waals surface area (Å²) in [4.78, 5) is 22.2. The number of hydrogen-bond acceptors (Lipinski definition) is 7. The van der Waals surface area contributed by atoms with Crippen molar-refractivity contribution in [3.8, 4) is 17.2 Å². The fourth-order valence-electron chi connectivity index (χ4n) is 1.75. The monoisotopic (exact) mass is 283 g/mol. The summed E-state index contributed by atoms with van der Waals surface area (Å²) in [5.41, 5.74) is 6.11. The normalized spacial score (nSPS) is 10.5. The molecule has 0 fully saturated rings. The van der Waals surface area contributed by atoms with Gasteiger partial charge in [-0.3, -0.25) is 10.1 Å². The molecule has 9 heteroatoms. The van der Waals surface area contributed by atoms with E-state index in [9.17, 15) is 10.1 Å². The number of nitro benzene ring substituents is 1. The Labute approximate surface area is 118 Å². The fraction of sp³-hybridized carbons (Fsp3) is 0. The smallest absolute Gasteiger partial charge is 0.270 e. The zero-order valence-electron chi connectivity index (χ0n) is 10.6. The van der Waals surface area contributed by atoms with Crippen LogP contribution in [0.15, 0.2) is 43.0 Å². The molecular weight excluding hydrogens is 274 g/mol. The van der Waals surface area contributed by atoms with E-state index in [0.717, 1.165) is 0 Å². The fourth-order valence-corrected chi connectivity index (χ4v) is 1.75. The Hall–Kier alpha value is -3.36. The summed E-state index contributed by atoms with van der Waals surface area (Å²) in [6.45, 7) is 0. The molecule has 0 saturated carbocycles. The topological polar surface area (TPSA) is 126 Å². The maximum atomic E-state index is 10.8. The summed E-state index contributed by atoms with van der Waals surface area (Å²) in [6.07, 6.45) is 2.77. The highest BCUT2D eigenvalue weighted by atomic mass is 16.6. The Kier molecular flexibility index (Phi) is 2.99. The average Bonchev–Trinajstić information content (AvgIpc) is 2.97. The van der Waals surface area contributed by atoms with Crippen LogP contribution in [0.5, 0.6) is 0 Å². The van der Waals surface area contributed by atoms with E-state index in [1.807, 2.05) is 0 Å². The van der Waals surface area contributed by atoms with Crippen LogP contribution in [0.4, 0.5) is 11.5 Å². The second kappa shape index (κ2) is 4.96. The minimum atomic E-state index is -0.467. The van der Waals surface area contributed by atoms with Gasteiger partial charge in [0.1, 0.15) is 18.5 Å². The van der Waals surface area contributed by atoms with Crippen molar-refractivity contribution in [2.24, 2.45) is 0 Å². The number of benzene rings is 1. The Bertz CT molecular complexity index is 815. The van der Waals surface area contributed by atoms with Gasteiger partial charge in [-0.25, -0.2) is 19.6 Å². The van der Waals surface area contributed by atoms with Crippen LogP contribution >= 0.6 is 0 Å². The highest BCUT2D eigenvalue weighted by Crippen LogP contribution is 2.21. The van der Waals surface area contributed by atoms with Gasteiger partial charge < -0.3 is 5.73 Å². The molecule has 0 aliphatic heterocycles. The SMILES string of the molecule is Nc1cc(-n2cnc(-c3cccc([N+](=O)[O-])c3)n2)ncn1. The molecule has 9 nitrogen and oxygen atoms in total. The molecule has 0 saturated heterocycles. The number of nitrogen functional groups attached to an aromatic ring is 1. The lowest BCUT2D eigenvalue weighted by molar-refractivity contribution is -0.384. The van der Waals surface area contributed by atoms with Gasteiger partial charge in [-0.15, -0.1) is 5.10 Å². The second-order valence-corrected chi connectivity index (χ2v) is 4.12. The third kappa shape index (κ3) is 2.52. The molecule has 0 amide bonds. The Morgan fingerprint density at radius 2 is 2.05 bits per heavy atom. The lowest BCUT2D eigenvalue weighted by Gasteiger charge is -1.99. The van der Waals surface area contributed by atoms with E-state index in [1.54, 1.807) is 18.2 Å². The van der Waals surface area contributed by atoms with Crippen molar-refractivity contribution < 1.29 is 4.92 Å². The first-order valence-corrected chi connectivity index (χ1v) is 5.88. The molecule has 3 rings (SSSR count). The summed E-state index contributed by atoms with van der Waals surface area (Å²) in [6, 6.07) is 7.64. The molecular formula is C12H9N7O2. The van der Waals surface area contributed by atoms with Crippen molar-refractivity contribution >= 4 is 11.5 Å². The maximum Gasteiger partial charge on any atom is 0.270 e. The Morgan fingerprint density at radius 1 is 1.19 bits per heavy atom. The van der Waals surface area contributed by atoms with Crippen molar-refractivity contribution in [2.45, 2.75) is 0 Å². The first-order valence-electron chi connectivity index (χ1n) is 5.88. The second-order valence-electron chi connectivity index (χ2n) is 4.12. The molecule has 0 atom stereocenters. The number of rotatable bonds is 3. The molecule has 104 valence electrons. The van der Waals surface area contributed by atoms with Crippen LogP contribution in [-0.2, 0) is 0 Å². The summed E-state index contributed by atoms with van der Waals surface area (Å²) in [7, 11) is 0. The molecule has 0 unspecified atom stereocenters. The molecule has 0 radical (unpaired) electrons. The van der Waals surface area contributed by atoms with Crippen LogP contribution in [0.25, 0.3) is 17.2 Å². The minimum absolute atomic E-state index is 0.0184. The van der Waals surface area contributed by atoms with Crippen LogP contribution in [0, 0.1) is 10.1 Å². The van der Waals surface area contributed by atoms with Crippen LogP contribution in [-0.4, -0.2) is 29.7 Å². The number of aromatic nitrogens is 5. The van der Waals surface area contributed by atoms with Gasteiger partial charge in [-0.1, -0.05) is 12.1 Å². The van der Waals surface area contributed by atoms with Gasteiger partial charge in [0.15, 0.2) is 11.6 Å². The molecule has 21 heavy (non-hydrogen) atoms. The lowest BCUT2D eigenvalue weighted by Crippen LogP contribution is -2.01. The predicted octanol–water partition coefficient (Wildman–Crippen LogP) is 1.21. The van der Waals surface area contributed by atoms with Crippen molar-refractivity contribution in [1.29, 1.82) is 0 Å². The van der Waals surface area contributed by atoms with Gasteiger partial charge in [0.2, 0.25) is 0 Å². The quantitative estimate of drug-likeness (QED) is 0.565. The molecule has 0 spiro atoms. The highest BCUT2D eigenvalue weighted by Gasteiger charge is 2.11. The van der Waals surface area contributed by atoms with Crippen molar-refractivity contribution in [3.05, 3.63) is 53.1 Å². The number of nitrogens with two attached hydrogens (primary N) is 1. The zero-order chi connectivity index (χ0) is 14.8. The molecule has 0 bridgehead atoms. The van der Waals surface area contributed by atoms with Gasteiger partial charge in [0.25, 0.3) is 5.69 Å². The summed E-state index contributed by atoms with van der Waals surface area (Å²) >= 11 is 0. The number of anilines is 1. The van der Waals surface area contributed by atoms with E-state index >= 15 is 0 Å². The molecule has 2 N–H and O–H groups in total. The molecule has 2 aromatic heterocycles. The molecule has 2 heterocycles. The highest BCUT2D eigenvalue weighted by molar-refractivity contribution is 5.58. The third-order valence-electron chi connectivity index (χ3n) is 2.72. The van der Waals surface area contributed by atoms with Crippen molar-refractivity contribution in [1.82, 2.24) is 24.7 Å².